The van der Waals surface area contributed by atoms with Crippen molar-refractivity contribution in [1.29, 1.82) is 0 Å². The average Bonchev–Trinajstić information content (AvgIpc) is 2.52. The molecule has 1 aromatic rings. The lowest BCUT2D eigenvalue weighted by Gasteiger charge is -2.33. The molecule has 0 radical (unpaired) electrons. The molecule has 1 saturated heterocycles. The van der Waals surface area contributed by atoms with Crippen molar-refractivity contribution in [3.05, 3.63) is 30.3 Å². The molecule has 6 heteroatoms. The van der Waals surface area contributed by atoms with Crippen LogP contribution in [0.15, 0.2) is 35.2 Å². The van der Waals surface area contributed by atoms with Gasteiger partial charge in [0.05, 0.1) is 11.2 Å². The van der Waals surface area contributed by atoms with Crippen molar-refractivity contribution < 1.29 is 19.4 Å². The smallest absolute Gasteiger partial charge is 0.311 e. The quantitative estimate of drug-likeness (QED) is 0.783. The second-order valence-corrected chi connectivity index (χ2v) is 6.13. The van der Waals surface area contributed by atoms with Crippen LogP contribution in [0.3, 0.4) is 0 Å². The lowest BCUT2D eigenvalue weighted by atomic mass is 9.80. The number of carboxylic acid groups (broad SMARTS) is 1. The van der Waals surface area contributed by atoms with Crippen molar-refractivity contribution in [2.24, 2.45) is 5.41 Å². The van der Waals surface area contributed by atoms with E-state index >= 15 is 0 Å². The van der Waals surface area contributed by atoms with E-state index in [4.69, 9.17) is 4.74 Å². The highest BCUT2D eigenvalue weighted by Crippen LogP contribution is 2.30. The van der Waals surface area contributed by atoms with E-state index in [1.54, 1.807) is 0 Å². The maximum absolute atomic E-state index is 11.9. The van der Waals surface area contributed by atoms with E-state index in [2.05, 4.69) is 5.32 Å². The van der Waals surface area contributed by atoms with Crippen molar-refractivity contribution in [2.45, 2.75) is 17.7 Å². The Labute approximate surface area is 128 Å². The summed E-state index contributed by atoms with van der Waals surface area (Å²) in [5.74, 6) is -0.714. The number of rotatable bonds is 6. The topological polar surface area (TPSA) is 75.6 Å². The van der Waals surface area contributed by atoms with E-state index in [1.807, 2.05) is 30.3 Å². The third-order valence-corrected chi connectivity index (χ3v) is 4.65. The van der Waals surface area contributed by atoms with Crippen molar-refractivity contribution >= 4 is 23.6 Å². The Morgan fingerprint density at radius 1 is 1.24 bits per heavy atom. The van der Waals surface area contributed by atoms with Gasteiger partial charge in [-0.05, 0) is 25.0 Å². The van der Waals surface area contributed by atoms with Gasteiger partial charge in [0.15, 0.2) is 0 Å². The summed E-state index contributed by atoms with van der Waals surface area (Å²) < 4.78 is 5.21. The molecule has 0 saturated carbocycles. The Bertz CT molecular complexity index is 486. The first-order valence-electron chi connectivity index (χ1n) is 6.88. The predicted molar refractivity (Wildman–Crippen MR) is 80.3 cm³/mol. The molecule has 1 aromatic carbocycles. The van der Waals surface area contributed by atoms with Crippen molar-refractivity contribution in [2.75, 3.05) is 25.5 Å². The van der Waals surface area contributed by atoms with Crippen LogP contribution in [0.4, 0.5) is 0 Å². The fraction of sp³-hybridized carbons (Fsp3) is 0.467. The lowest BCUT2D eigenvalue weighted by molar-refractivity contribution is -0.154. The molecule has 1 heterocycles. The second-order valence-electron chi connectivity index (χ2n) is 5.08. The van der Waals surface area contributed by atoms with Gasteiger partial charge in [0, 0.05) is 24.7 Å². The number of carboxylic acids is 1. The van der Waals surface area contributed by atoms with Crippen LogP contribution in [-0.2, 0) is 14.3 Å². The zero-order valence-corrected chi connectivity index (χ0v) is 12.5. The summed E-state index contributed by atoms with van der Waals surface area (Å²) in [7, 11) is 0. The molecule has 0 aliphatic carbocycles. The first-order valence-corrected chi connectivity index (χ1v) is 7.87. The Morgan fingerprint density at radius 3 is 2.52 bits per heavy atom. The molecule has 21 heavy (non-hydrogen) atoms. The summed E-state index contributed by atoms with van der Waals surface area (Å²) in [6, 6.07) is 9.64. The van der Waals surface area contributed by atoms with Gasteiger partial charge in [0.2, 0.25) is 5.91 Å². The summed E-state index contributed by atoms with van der Waals surface area (Å²) in [5, 5.41) is 12.1. The third kappa shape index (κ3) is 4.47. The van der Waals surface area contributed by atoms with E-state index in [0.29, 0.717) is 26.1 Å². The van der Waals surface area contributed by atoms with E-state index in [9.17, 15) is 14.7 Å². The zero-order valence-electron chi connectivity index (χ0n) is 11.7. The Balaban J connectivity index is 1.80. The lowest BCUT2D eigenvalue weighted by Crippen LogP contribution is -2.46. The number of hydrogen-bond donors (Lipinski definition) is 2. The zero-order chi connectivity index (χ0) is 15.1. The highest BCUT2D eigenvalue weighted by Gasteiger charge is 2.40. The number of carbonyl (C=O) groups is 2. The Hall–Kier alpha value is -1.53. The molecule has 0 spiro atoms. The van der Waals surface area contributed by atoms with Gasteiger partial charge < -0.3 is 15.2 Å². The molecule has 0 aromatic heterocycles. The molecular formula is C15H19NO4S. The number of thioether (sulfide) groups is 1. The molecule has 114 valence electrons. The Kier molecular flexibility index (Phi) is 5.64. The van der Waals surface area contributed by atoms with E-state index in [0.717, 1.165) is 4.90 Å². The van der Waals surface area contributed by atoms with Gasteiger partial charge in [-0.25, -0.2) is 0 Å². The molecule has 2 rings (SSSR count). The standard InChI is InChI=1S/C15H19NO4S/c17-13(10-21-12-4-2-1-3-5-12)16-11-15(14(18)19)6-8-20-9-7-15/h1-5H,6-11H2,(H,16,17)(H,18,19). The first-order chi connectivity index (χ1) is 10.1. The largest absolute Gasteiger partial charge is 0.481 e. The molecule has 1 amide bonds. The van der Waals surface area contributed by atoms with Gasteiger partial charge >= 0.3 is 5.97 Å². The van der Waals surface area contributed by atoms with Crippen molar-refractivity contribution in [3.8, 4) is 0 Å². The summed E-state index contributed by atoms with van der Waals surface area (Å²) in [6.45, 7) is 1.03. The average molecular weight is 309 g/mol. The van der Waals surface area contributed by atoms with E-state index in [1.165, 1.54) is 11.8 Å². The maximum Gasteiger partial charge on any atom is 0.311 e. The summed E-state index contributed by atoms with van der Waals surface area (Å²) in [5.41, 5.74) is -0.884. The number of carbonyl (C=O) groups excluding carboxylic acids is 1. The molecule has 0 atom stereocenters. The summed E-state index contributed by atoms with van der Waals surface area (Å²) in [4.78, 5) is 24.3. The monoisotopic (exact) mass is 309 g/mol. The molecule has 1 aliphatic rings. The maximum atomic E-state index is 11.9. The third-order valence-electron chi connectivity index (χ3n) is 3.64. The van der Waals surface area contributed by atoms with Crippen LogP contribution in [-0.4, -0.2) is 42.5 Å². The van der Waals surface area contributed by atoms with Crippen LogP contribution in [0.1, 0.15) is 12.8 Å². The number of benzene rings is 1. The fourth-order valence-electron chi connectivity index (χ4n) is 2.21. The number of aliphatic carboxylic acids is 1. The van der Waals surface area contributed by atoms with Crippen LogP contribution in [0.5, 0.6) is 0 Å². The van der Waals surface area contributed by atoms with Gasteiger partial charge in [-0.3, -0.25) is 9.59 Å². The van der Waals surface area contributed by atoms with Crippen molar-refractivity contribution in [1.82, 2.24) is 5.32 Å². The number of nitrogens with one attached hydrogen (secondary N) is 1. The minimum absolute atomic E-state index is 0.143. The fourth-order valence-corrected chi connectivity index (χ4v) is 2.96. The van der Waals surface area contributed by atoms with Gasteiger partial charge in [0.25, 0.3) is 0 Å². The molecule has 0 bridgehead atoms. The molecule has 1 fully saturated rings. The highest BCUT2D eigenvalue weighted by atomic mass is 32.2. The second kappa shape index (κ2) is 7.47. The van der Waals surface area contributed by atoms with Gasteiger partial charge in [0.1, 0.15) is 0 Å². The normalized spacial score (nSPS) is 17.1. The SMILES string of the molecule is O=C(CSc1ccccc1)NCC1(C(=O)O)CCOCC1. The highest BCUT2D eigenvalue weighted by molar-refractivity contribution is 8.00. The molecule has 5 nitrogen and oxygen atoms in total. The van der Waals surface area contributed by atoms with E-state index in [-0.39, 0.29) is 18.2 Å². The molecular weight excluding hydrogens is 290 g/mol. The van der Waals surface area contributed by atoms with Gasteiger partial charge in [-0.2, -0.15) is 0 Å². The number of amides is 1. The Morgan fingerprint density at radius 2 is 1.90 bits per heavy atom. The molecule has 0 unspecified atom stereocenters. The van der Waals surface area contributed by atoms with Crippen LogP contribution in [0, 0.1) is 5.41 Å². The van der Waals surface area contributed by atoms with Crippen LogP contribution < -0.4 is 5.32 Å². The summed E-state index contributed by atoms with van der Waals surface area (Å²) in [6.07, 6.45) is 0.878. The predicted octanol–water partition coefficient (Wildman–Crippen LogP) is 1.78. The number of hydrogen-bond acceptors (Lipinski definition) is 4. The van der Waals surface area contributed by atoms with E-state index < -0.39 is 11.4 Å². The first kappa shape index (κ1) is 15.9. The van der Waals surface area contributed by atoms with Gasteiger partial charge in [-0.15, -0.1) is 11.8 Å². The van der Waals surface area contributed by atoms with Crippen LogP contribution >= 0.6 is 11.8 Å². The van der Waals surface area contributed by atoms with Gasteiger partial charge in [-0.1, -0.05) is 18.2 Å². The van der Waals surface area contributed by atoms with Crippen LogP contribution in [0.2, 0.25) is 0 Å². The van der Waals surface area contributed by atoms with Crippen LogP contribution in [0.25, 0.3) is 0 Å². The molecule has 1 aliphatic heterocycles. The number of ether oxygens (including phenoxy) is 1. The van der Waals surface area contributed by atoms with Crippen molar-refractivity contribution in [3.63, 3.8) is 0 Å². The summed E-state index contributed by atoms with van der Waals surface area (Å²) >= 11 is 1.44. The molecule has 2 N–H and O–H groups in total. The minimum atomic E-state index is -0.884. The minimum Gasteiger partial charge on any atom is -0.481 e.